The van der Waals surface area contributed by atoms with Gasteiger partial charge in [0, 0.05) is 158 Å². The Morgan fingerprint density at radius 2 is 0.644 bits per heavy atom. The van der Waals surface area contributed by atoms with Crippen LogP contribution in [0.25, 0.3) is 90.9 Å². The van der Waals surface area contributed by atoms with Gasteiger partial charge >= 0.3 is 0 Å². The summed E-state index contributed by atoms with van der Waals surface area (Å²) in [5.74, 6) is -10.8. The molecule has 298 valence electrons. The second-order valence-electron chi connectivity index (χ2n) is 13.1. The predicted molar refractivity (Wildman–Crippen MR) is 205 cm³/mol. The molecule has 0 amide bonds. The molecular formula is C44H25Ar3F5N4O3. The zero-order valence-electron chi connectivity index (χ0n) is 29.7. The maximum Gasteiger partial charge on any atom is 0.200 e. The molecule has 0 radical (unpaired) electrons. The van der Waals surface area contributed by atoms with Crippen molar-refractivity contribution >= 4 is 46.4 Å². The standard InChI is InChI=1S/C44H25F5N4O3.3Ar/c45-40-39(41(46)43(48)44(49)42(40)47)38-33-16-14-31(52-33)36(22-5-2-8-25(55)19-22)29-12-10-27(50-29)35(21-4-1-7-24(54)18-21)28-11-13-30(51-28)37(32-15-17-34(38)53-32)23-6-3-9-26(56)20-23;;;/h1-20,50,53-56H;;;. The van der Waals surface area contributed by atoms with E-state index in [1.165, 1.54) is 42.5 Å². The summed E-state index contributed by atoms with van der Waals surface area (Å²) in [7, 11) is 0. The zero-order chi connectivity index (χ0) is 38.8. The summed E-state index contributed by atoms with van der Waals surface area (Å²) in [5.41, 5.74) is 3.78. The van der Waals surface area contributed by atoms with Gasteiger partial charge in [-0.2, -0.15) is 0 Å². The van der Waals surface area contributed by atoms with E-state index in [0.717, 1.165) is 0 Å². The first kappa shape index (κ1) is 44.9. The van der Waals surface area contributed by atoms with Gasteiger partial charge in [0.1, 0.15) is 17.2 Å². The number of fused-ring (bicyclic) bond motifs is 8. The molecule has 7 nitrogen and oxygen atoms in total. The quantitative estimate of drug-likeness (QED) is 0.0686. The van der Waals surface area contributed by atoms with E-state index in [2.05, 4.69) is 9.97 Å². The van der Waals surface area contributed by atoms with Crippen LogP contribution in [-0.2, 0) is 0 Å². The van der Waals surface area contributed by atoms with Crippen molar-refractivity contribution in [2.24, 2.45) is 0 Å². The summed E-state index contributed by atoms with van der Waals surface area (Å²) < 4.78 is 75.7. The third-order valence-electron chi connectivity index (χ3n) is 9.62. The van der Waals surface area contributed by atoms with Crippen LogP contribution >= 0.6 is 0 Å². The van der Waals surface area contributed by atoms with Gasteiger partial charge < -0.3 is 25.3 Å². The van der Waals surface area contributed by atoms with Gasteiger partial charge in [-0.1, -0.05) is 36.4 Å². The molecule has 3 aromatic heterocycles. The number of H-pyrrole nitrogens is 2. The van der Waals surface area contributed by atoms with Crippen LogP contribution in [0.3, 0.4) is 0 Å². The van der Waals surface area contributed by atoms with Crippen LogP contribution in [0.5, 0.6) is 17.2 Å². The van der Waals surface area contributed by atoms with Crippen LogP contribution in [0.1, 0.15) is 22.8 Å². The van der Waals surface area contributed by atoms with Crippen LogP contribution in [0.2, 0.25) is 0 Å². The summed E-state index contributed by atoms with van der Waals surface area (Å²) in [6.45, 7) is 0. The van der Waals surface area contributed by atoms with Crippen LogP contribution in [0.15, 0.2) is 97.1 Å². The number of aromatic nitrogens is 4. The first-order valence-corrected chi connectivity index (χ1v) is 17.1. The van der Waals surface area contributed by atoms with Crippen molar-refractivity contribution in [3.05, 3.63) is 149 Å². The number of rotatable bonds is 4. The minimum absolute atomic E-state index is 0. The number of nitrogens with zero attached hydrogens (tertiary/aromatic N) is 2. The summed E-state index contributed by atoms with van der Waals surface area (Å²) in [6, 6.07) is 25.9. The average molecular weight is 873 g/mol. The van der Waals surface area contributed by atoms with Crippen molar-refractivity contribution in [3.63, 3.8) is 0 Å². The van der Waals surface area contributed by atoms with Gasteiger partial charge in [0.2, 0.25) is 5.82 Å². The first-order valence-electron chi connectivity index (χ1n) is 17.1. The number of nitrogens with one attached hydrogen (secondary N) is 2. The van der Waals surface area contributed by atoms with Gasteiger partial charge in [-0.05, 0) is 102 Å². The number of aromatic amines is 2. The van der Waals surface area contributed by atoms with E-state index in [4.69, 9.17) is 9.97 Å². The SMILES string of the molecule is Oc1cccc(-c2c3nc(c(-c4cccc(O)c4)c4ccc([nH]4)c(-c4c(F)c(F)c(F)c(F)c4F)c4nc(c(-c5cccc(O)c5)c5ccc2[nH]5)C=C4)C=C3)c1.[Ar].[Ar].[Ar]. The fraction of sp³-hybridized carbons (Fsp3) is 0. The van der Waals surface area contributed by atoms with Crippen molar-refractivity contribution in [2.45, 2.75) is 0 Å². The van der Waals surface area contributed by atoms with E-state index in [9.17, 15) is 28.5 Å². The molecular weight excluding hydrogens is 847 g/mol. The number of aromatic hydroxyl groups is 3. The molecule has 0 aliphatic carbocycles. The van der Waals surface area contributed by atoms with Gasteiger partial charge in [-0.15, -0.1) is 0 Å². The molecule has 0 saturated carbocycles. The maximum absolute atomic E-state index is 15.8. The van der Waals surface area contributed by atoms with E-state index in [1.807, 2.05) is 6.07 Å². The largest absolute Gasteiger partial charge is 0.508 e. The molecule has 2 aliphatic rings. The molecule has 0 saturated heterocycles. The van der Waals surface area contributed by atoms with E-state index in [1.54, 1.807) is 72.8 Å². The molecule has 0 fully saturated rings. The average Bonchev–Trinajstić information content (AvgIpc) is 4.02. The van der Waals surface area contributed by atoms with Gasteiger partial charge in [-0.3, -0.25) is 0 Å². The van der Waals surface area contributed by atoms with Crippen molar-refractivity contribution < 1.29 is 150 Å². The fourth-order valence-corrected chi connectivity index (χ4v) is 7.19. The second kappa shape index (κ2) is 18.1. The molecule has 9 rings (SSSR count). The van der Waals surface area contributed by atoms with Gasteiger partial charge in [0.15, 0.2) is 23.3 Å². The Morgan fingerprint density at radius 1 is 0.356 bits per heavy atom. The summed E-state index contributed by atoms with van der Waals surface area (Å²) in [4.78, 5) is 16.3. The molecule has 0 unspecified atom stereocenters. The first-order chi connectivity index (χ1) is 27.0. The van der Waals surface area contributed by atoms with E-state index in [0.29, 0.717) is 61.3 Å². The number of hydrogen-bond donors (Lipinski definition) is 5. The Hall–Kier alpha value is -3.69. The smallest absolute Gasteiger partial charge is 0.200 e. The Balaban J connectivity index is 0.00000195. The zero-order valence-corrected chi connectivity index (χ0v) is 31.9. The summed E-state index contributed by atoms with van der Waals surface area (Å²) in [5, 5.41) is 31.6. The van der Waals surface area contributed by atoms with Crippen LogP contribution < -0.4 is 0 Å². The predicted octanol–water partition coefficient (Wildman–Crippen LogP) is 11.1. The number of halogens is 5. The third kappa shape index (κ3) is 8.24. The van der Waals surface area contributed by atoms with Crippen molar-refractivity contribution in [1.82, 2.24) is 19.9 Å². The normalized spacial score (nSPS) is 11.5. The van der Waals surface area contributed by atoms with Crippen LogP contribution in [0, 0.1) is 142 Å². The molecule has 0 spiro atoms. The molecule has 5 heterocycles. The third-order valence-corrected chi connectivity index (χ3v) is 9.62. The molecule has 59 heavy (non-hydrogen) atoms. The van der Waals surface area contributed by atoms with Gasteiger partial charge in [0.25, 0.3) is 0 Å². The Labute approximate surface area is 422 Å². The van der Waals surface area contributed by atoms with E-state index < -0.39 is 40.2 Å². The van der Waals surface area contributed by atoms with Crippen LogP contribution in [0.4, 0.5) is 22.0 Å². The summed E-state index contributed by atoms with van der Waals surface area (Å²) in [6.07, 6.45) is 6.46. The van der Waals surface area contributed by atoms with Gasteiger partial charge in [-0.25, -0.2) is 31.9 Å². The Kier molecular flexibility index (Phi) is 13.8. The Bertz CT molecular complexity index is 2980. The van der Waals surface area contributed by atoms with Crippen molar-refractivity contribution in [3.8, 4) is 61.8 Å². The monoisotopic (exact) mass is 872 g/mol. The molecule has 8 bridgehead atoms. The Morgan fingerprint density at radius 3 is 0.966 bits per heavy atom. The number of phenolic OH excluding ortho intramolecular Hbond substituents is 3. The topological polar surface area (TPSA) is 118 Å². The van der Waals surface area contributed by atoms with Crippen LogP contribution in [-0.4, -0.2) is 35.3 Å². The molecule has 2 aliphatic heterocycles. The molecule has 7 aromatic rings. The number of hydrogen-bond acceptors (Lipinski definition) is 5. The fourth-order valence-electron chi connectivity index (χ4n) is 7.19. The number of benzene rings is 4. The number of phenols is 3. The van der Waals surface area contributed by atoms with Crippen molar-refractivity contribution in [2.75, 3.05) is 0 Å². The van der Waals surface area contributed by atoms with Crippen molar-refractivity contribution in [1.29, 1.82) is 0 Å². The second-order valence-corrected chi connectivity index (χ2v) is 13.1. The minimum atomic E-state index is -2.30. The minimum Gasteiger partial charge on any atom is -0.508 e. The molecule has 0 atom stereocenters. The summed E-state index contributed by atoms with van der Waals surface area (Å²) >= 11 is 0. The van der Waals surface area contributed by atoms with E-state index in [-0.39, 0.29) is 147 Å². The molecule has 5 N–H and O–H groups in total. The van der Waals surface area contributed by atoms with E-state index >= 15 is 8.78 Å². The van der Waals surface area contributed by atoms with Gasteiger partial charge in [0.05, 0.1) is 28.3 Å². The molecule has 4 aromatic carbocycles. The molecule has 15 heteroatoms. The maximum atomic E-state index is 15.8.